The summed E-state index contributed by atoms with van der Waals surface area (Å²) in [6.07, 6.45) is 6.08. The fourth-order valence-electron chi connectivity index (χ4n) is 1.44. The maximum Gasteiger partial charge on any atom is 0.305 e. The van der Waals surface area contributed by atoms with Crippen LogP contribution in [0.15, 0.2) is 12.2 Å². The molecule has 0 aromatic heterocycles. The Morgan fingerprint density at radius 1 is 1.64 bits per heavy atom. The summed E-state index contributed by atoms with van der Waals surface area (Å²) in [7, 11) is 0. The second-order valence-corrected chi connectivity index (χ2v) is 3.61. The molecule has 0 bridgehead atoms. The third-order valence-corrected chi connectivity index (χ3v) is 2.20. The maximum absolute atomic E-state index is 11.0. The lowest BCUT2D eigenvalue weighted by molar-refractivity contribution is -0.145. The second kappa shape index (κ2) is 5.58. The van der Waals surface area contributed by atoms with Crippen molar-refractivity contribution in [3.05, 3.63) is 12.2 Å². The van der Waals surface area contributed by atoms with E-state index in [1.807, 2.05) is 13.0 Å². The Labute approximate surface area is 84.1 Å². The van der Waals surface area contributed by atoms with Gasteiger partial charge in [0.2, 0.25) is 0 Å². The highest BCUT2D eigenvalue weighted by molar-refractivity contribution is 5.90. The smallest absolute Gasteiger partial charge is 0.305 e. The number of hydrogen-bond donors (Lipinski definition) is 0. The molecule has 0 fully saturated rings. The first-order valence-electron chi connectivity index (χ1n) is 5.07. The summed E-state index contributed by atoms with van der Waals surface area (Å²) >= 11 is 0. The molecule has 0 saturated heterocycles. The summed E-state index contributed by atoms with van der Waals surface area (Å²) < 4.78 is 5.05. The van der Waals surface area contributed by atoms with Gasteiger partial charge in [-0.3, -0.25) is 9.59 Å². The zero-order valence-corrected chi connectivity index (χ0v) is 8.49. The fourth-order valence-corrected chi connectivity index (χ4v) is 1.44. The van der Waals surface area contributed by atoms with E-state index in [1.54, 1.807) is 6.08 Å². The number of ether oxygens (including phenoxy) is 1. The summed E-state index contributed by atoms with van der Waals surface area (Å²) in [5, 5.41) is 0. The highest BCUT2D eigenvalue weighted by Gasteiger charge is 2.16. The Hall–Kier alpha value is -1.12. The molecule has 78 valence electrons. The number of carbonyl (C=O) groups excluding carboxylic acids is 2. The Kier molecular flexibility index (Phi) is 4.36. The van der Waals surface area contributed by atoms with Gasteiger partial charge in [-0.1, -0.05) is 13.0 Å². The molecule has 1 atom stereocenters. The van der Waals surface area contributed by atoms with Crippen molar-refractivity contribution in [3.8, 4) is 0 Å². The topological polar surface area (TPSA) is 43.4 Å². The van der Waals surface area contributed by atoms with Crippen LogP contribution in [-0.4, -0.2) is 18.4 Å². The van der Waals surface area contributed by atoms with Crippen molar-refractivity contribution in [1.29, 1.82) is 0 Å². The number of rotatable bonds is 4. The number of carbonyl (C=O) groups is 2. The summed E-state index contributed by atoms with van der Waals surface area (Å²) in [4.78, 5) is 22.1. The Morgan fingerprint density at radius 2 is 2.43 bits per heavy atom. The summed E-state index contributed by atoms with van der Waals surface area (Å²) in [6.45, 7) is 2.32. The van der Waals surface area contributed by atoms with Gasteiger partial charge in [-0.2, -0.15) is 0 Å². The van der Waals surface area contributed by atoms with Crippen LogP contribution in [0.1, 0.15) is 32.6 Å². The van der Waals surface area contributed by atoms with Gasteiger partial charge in [0.25, 0.3) is 0 Å². The predicted octanol–water partition coefficient (Wildman–Crippen LogP) is 1.86. The molecule has 0 aliphatic heterocycles. The van der Waals surface area contributed by atoms with E-state index in [9.17, 15) is 9.59 Å². The van der Waals surface area contributed by atoms with Crippen LogP contribution in [0.4, 0.5) is 0 Å². The van der Waals surface area contributed by atoms with Crippen LogP contribution in [0, 0.1) is 5.92 Å². The summed E-state index contributed by atoms with van der Waals surface area (Å²) in [5.74, 6) is 0.163. The highest BCUT2D eigenvalue weighted by atomic mass is 16.5. The van der Waals surface area contributed by atoms with Crippen LogP contribution in [0.3, 0.4) is 0 Å². The molecule has 1 aliphatic carbocycles. The molecule has 0 heterocycles. The van der Waals surface area contributed by atoms with Gasteiger partial charge in [-0.15, -0.1) is 0 Å². The van der Waals surface area contributed by atoms with Crippen LogP contribution in [-0.2, 0) is 14.3 Å². The monoisotopic (exact) mass is 196 g/mol. The van der Waals surface area contributed by atoms with Gasteiger partial charge in [0, 0.05) is 18.8 Å². The molecule has 1 aliphatic rings. The molecule has 0 amide bonds. The molecule has 0 saturated carbocycles. The van der Waals surface area contributed by atoms with Crippen molar-refractivity contribution < 1.29 is 14.3 Å². The van der Waals surface area contributed by atoms with Gasteiger partial charge in [0.15, 0.2) is 5.78 Å². The molecule has 1 rings (SSSR count). The van der Waals surface area contributed by atoms with Crippen molar-refractivity contribution >= 4 is 11.8 Å². The van der Waals surface area contributed by atoms with Crippen molar-refractivity contribution in [3.63, 3.8) is 0 Å². The molecule has 0 aromatic rings. The fraction of sp³-hybridized carbons (Fsp3) is 0.636. The molecule has 0 N–H and O–H groups in total. The van der Waals surface area contributed by atoms with E-state index in [-0.39, 0.29) is 17.7 Å². The van der Waals surface area contributed by atoms with Crippen LogP contribution in [0.5, 0.6) is 0 Å². The number of esters is 1. The van der Waals surface area contributed by atoms with E-state index < -0.39 is 0 Å². The van der Waals surface area contributed by atoms with E-state index in [0.717, 1.165) is 12.8 Å². The van der Waals surface area contributed by atoms with Crippen LogP contribution in [0.25, 0.3) is 0 Å². The van der Waals surface area contributed by atoms with Gasteiger partial charge < -0.3 is 4.74 Å². The number of allylic oxidation sites excluding steroid dienone is 2. The SMILES string of the molecule is CCCC(=O)OCC1CC=CC(=O)C1. The van der Waals surface area contributed by atoms with E-state index in [4.69, 9.17) is 4.74 Å². The highest BCUT2D eigenvalue weighted by Crippen LogP contribution is 2.16. The molecule has 3 nitrogen and oxygen atoms in total. The van der Waals surface area contributed by atoms with Crippen molar-refractivity contribution in [1.82, 2.24) is 0 Å². The molecule has 0 spiro atoms. The Balaban J connectivity index is 2.22. The van der Waals surface area contributed by atoms with E-state index in [2.05, 4.69) is 0 Å². The zero-order valence-electron chi connectivity index (χ0n) is 8.49. The van der Waals surface area contributed by atoms with Crippen molar-refractivity contribution in [2.75, 3.05) is 6.61 Å². The molecule has 0 aromatic carbocycles. The van der Waals surface area contributed by atoms with Gasteiger partial charge in [-0.25, -0.2) is 0 Å². The van der Waals surface area contributed by atoms with Gasteiger partial charge in [-0.05, 0) is 18.9 Å². The average molecular weight is 196 g/mol. The quantitative estimate of drug-likeness (QED) is 0.644. The molecular formula is C11H16O3. The second-order valence-electron chi connectivity index (χ2n) is 3.61. The first kappa shape index (κ1) is 11.0. The maximum atomic E-state index is 11.0. The lowest BCUT2D eigenvalue weighted by Crippen LogP contribution is -2.18. The minimum absolute atomic E-state index is 0.132. The van der Waals surface area contributed by atoms with E-state index in [0.29, 0.717) is 19.4 Å². The lowest BCUT2D eigenvalue weighted by atomic mass is 9.94. The standard InChI is InChI=1S/C11H16O3/c1-2-4-11(13)14-8-9-5-3-6-10(12)7-9/h3,6,9H,2,4-5,7-8H2,1H3. The third-order valence-electron chi connectivity index (χ3n) is 2.20. The Morgan fingerprint density at radius 3 is 3.07 bits per heavy atom. The Bertz CT molecular complexity index is 243. The minimum atomic E-state index is -0.158. The molecular weight excluding hydrogens is 180 g/mol. The van der Waals surface area contributed by atoms with Gasteiger partial charge in [0.1, 0.15) is 0 Å². The van der Waals surface area contributed by atoms with Gasteiger partial charge >= 0.3 is 5.97 Å². The lowest BCUT2D eigenvalue weighted by Gasteiger charge is -2.16. The summed E-state index contributed by atoms with van der Waals surface area (Å²) in [5.41, 5.74) is 0. The van der Waals surface area contributed by atoms with Crippen LogP contribution < -0.4 is 0 Å². The van der Waals surface area contributed by atoms with Crippen LogP contribution >= 0.6 is 0 Å². The van der Waals surface area contributed by atoms with E-state index >= 15 is 0 Å². The normalized spacial score (nSPS) is 20.9. The first-order chi connectivity index (χ1) is 6.72. The van der Waals surface area contributed by atoms with Gasteiger partial charge in [0.05, 0.1) is 6.61 Å². The minimum Gasteiger partial charge on any atom is -0.465 e. The zero-order chi connectivity index (χ0) is 10.4. The molecule has 1 unspecified atom stereocenters. The number of hydrogen-bond acceptors (Lipinski definition) is 3. The van der Waals surface area contributed by atoms with Crippen molar-refractivity contribution in [2.45, 2.75) is 32.6 Å². The largest absolute Gasteiger partial charge is 0.465 e. The van der Waals surface area contributed by atoms with Crippen molar-refractivity contribution in [2.24, 2.45) is 5.92 Å². The molecule has 3 heteroatoms. The van der Waals surface area contributed by atoms with Crippen LogP contribution in [0.2, 0.25) is 0 Å². The third kappa shape index (κ3) is 3.73. The molecule has 0 radical (unpaired) electrons. The number of ketones is 1. The molecule has 14 heavy (non-hydrogen) atoms. The van der Waals surface area contributed by atoms with E-state index in [1.165, 1.54) is 0 Å². The predicted molar refractivity (Wildman–Crippen MR) is 52.7 cm³/mol. The first-order valence-corrected chi connectivity index (χ1v) is 5.07. The summed E-state index contributed by atoms with van der Waals surface area (Å²) in [6, 6.07) is 0. The average Bonchev–Trinajstić information content (AvgIpc) is 2.15.